The lowest BCUT2D eigenvalue weighted by Gasteiger charge is -2.36. The fourth-order valence-electron chi connectivity index (χ4n) is 3.46. The largest absolute Gasteiger partial charge is 0.463 e. The Morgan fingerprint density at radius 1 is 0.963 bits per heavy atom. The van der Waals surface area contributed by atoms with E-state index in [4.69, 9.17) is 4.42 Å². The van der Waals surface area contributed by atoms with Crippen molar-refractivity contribution in [2.75, 3.05) is 36.0 Å². The average molecular weight is 361 g/mol. The Labute approximate surface area is 156 Å². The molecule has 8 nitrogen and oxygen atoms in total. The number of aryl methyl sites for hydroxylation is 1. The topological polar surface area (TPSA) is 75.6 Å². The summed E-state index contributed by atoms with van der Waals surface area (Å²) >= 11 is 0. The Kier molecular flexibility index (Phi) is 3.74. The van der Waals surface area contributed by atoms with E-state index in [0.717, 1.165) is 60.6 Å². The predicted octanol–water partition coefficient (Wildman–Crippen LogP) is 2.41. The first-order valence-corrected chi connectivity index (χ1v) is 8.97. The monoisotopic (exact) mass is 361 g/mol. The van der Waals surface area contributed by atoms with Crippen LogP contribution in [0.5, 0.6) is 0 Å². The molecule has 0 spiro atoms. The third-order valence-electron chi connectivity index (χ3n) is 4.82. The smallest absolute Gasteiger partial charge is 0.157 e. The Morgan fingerprint density at radius 2 is 1.81 bits per heavy atom. The van der Waals surface area contributed by atoms with Crippen LogP contribution in [0.15, 0.2) is 53.3 Å². The lowest BCUT2D eigenvalue weighted by Crippen LogP contribution is -2.47. The second-order valence-electron chi connectivity index (χ2n) is 6.59. The Morgan fingerprint density at radius 3 is 2.56 bits per heavy atom. The third-order valence-corrected chi connectivity index (χ3v) is 4.82. The molecule has 136 valence electrons. The first-order valence-electron chi connectivity index (χ1n) is 8.97. The summed E-state index contributed by atoms with van der Waals surface area (Å²) in [6.07, 6.45) is 3.43. The van der Waals surface area contributed by atoms with E-state index in [1.54, 1.807) is 12.5 Å². The van der Waals surface area contributed by atoms with E-state index < -0.39 is 0 Å². The van der Waals surface area contributed by atoms with Crippen LogP contribution in [0, 0.1) is 6.92 Å². The van der Waals surface area contributed by atoms with Gasteiger partial charge in [-0.3, -0.25) is 0 Å². The number of fused-ring (bicyclic) bond motifs is 1. The van der Waals surface area contributed by atoms with Gasteiger partial charge in [-0.05, 0) is 31.2 Å². The molecule has 4 aromatic rings. The molecule has 5 rings (SSSR count). The van der Waals surface area contributed by atoms with Crippen molar-refractivity contribution in [1.29, 1.82) is 0 Å². The average Bonchev–Trinajstić information content (AvgIpc) is 3.39. The molecule has 1 fully saturated rings. The van der Waals surface area contributed by atoms with Crippen molar-refractivity contribution in [3.8, 4) is 11.5 Å². The highest BCUT2D eigenvalue weighted by molar-refractivity contribution is 5.55. The molecular formula is C19H19N7O. The highest BCUT2D eigenvalue weighted by Crippen LogP contribution is 2.22. The van der Waals surface area contributed by atoms with Gasteiger partial charge in [0.25, 0.3) is 0 Å². The first kappa shape index (κ1) is 15.8. The van der Waals surface area contributed by atoms with Crippen LogP contribution in [-0.4, -0.2) is 51.0 Å². The maximum Gasteiger partial charge on any atom is 0.157 e. The van der Waals surface area contributed by atoms with Crippen molar-refractivity contribution in [1.82, 2.24) is 24.8 Å². The van der Waals surface area contributed by atoms with E-state index in [1.807, 2.05) is 41.8 Å². The number of hydrogen-bond acceptors (Lipinski definition) is 7. The zero-order valence-corrected chi connectivity index (χ0v) is 15.0. The fraction of sp³-hybridized carbons (Fsp3) is 0.263. The van der Waals surface area contributed by atoms with E-state index in [9.17, 15) is 0 Å². The molecule has 8 heteroatoms. The zero-order valence-electron chi connectivity index (χ0n) is 15.0. The van der Waals surface area contributed by atoms with Gasteiger partial charge in [-0.15, -0.1) is 10.2 Å². The molecule has 0 saturated carbocycles. The van der Waals surface area contributed by atoms with Gasteiger partial charge in [-0.1, -0.05) is 0 Å². The molecule has 1 saturated heterocycles. The van der Waals surface area contributed by atoms with Crippen LogP contribution in [0.25, 0.3) is 17.1 Å². The summed E-state index contributed by atoms with van der Waals surface area (Å²) in [7, 11) is 0. The summed E-state index contributed by atoms with van der Waals surface area (Å²) in [5.41, 5.74) is 2.63. The molecule has 5 heterocycles. The number of anilines is 2. The molecule has 1 aliphatic heterocycles. The lowest BCUT2D eigenvalue weighted by atomic mass is 10.2. The number of piperazine rings is 1. The molecule has 0 N–H and O–H groups in total. The Hall–Kier alpha value is -3.42. The predicted molar refractivity (Wildman–Crippen MR) is 102 cm³/mol. The summed E-state index contributed by atoms with van der Waals surface area (Å²) in [6.45, 7) is 5.54. The Bertz CT molecular complexity index is 1050. The Balaban J connectivity index is 1.32. The third kappa shape index (κ3) is 2.88. The molecule has 0 atom stereocenters. The maximum atomic E-state index is 5.37. The van der Waals surface area contributed by atoms with E-state index in [2.05, 4.69) is 36.1 Å². The highest BCUT2D eigenvalue weighted by Gasteiger charge is 2.21. The van der Waals surface area contributed by atoms with Gasteiger partial charge in [0.1, 0.15) is 11.5 Å². The van der Waals surface area contributed by atoms with Crippen molar-refractivity contribution >= 4 is 17.3 Å². The molecule has 27 heavy (non-hydrogen) atoms. The molecule has 0 amide bonds. The quantitative estimate of drug-likeness (QED) is 0.555. The fourth-order valence-corrected chi connectivity index (χ4v) is 3.46. The van der Waals surface area contributed by atoms with Gasteiger partial charge >= 0.3 is 0 Å². The molecule has 4 aromatic heterocycles. The van der Waals surface area contributed by atoms with Crippen molar-refractivity contribution in [2.24, 2.45) is 0 Å². The summed E-state index contributed by atoms with van der Waals surface area (Å²) in [4.78, 5) is 9.12. The van der Waals surface area contributed by atoms with Crippen molar-refractivity contribution in [3.05, 3.63) is 54.6 Å². The zero-order chi connectivity index (χ0) is 18.2. The van der Waals surface area contributed by atoms with E-state index >= 15 is 0 Å². The van der Waals surface area contributed by atoms with Gasteiger partial charge < -0.3 is 14.2 Å². The van der Waals surface area contributed by atoms with E-state index in [-0.39, 0.29) is 0 Å². The van der Waals surface area contributed by atoms with Gasteiger partial charge in [-0.25, -0.2) is 4.98 Å². The number of furan rings is 1. The minimum Gasteiger partial charge on any atom is -0.463 e. The van der Waals surface area contributed by atoms with Gasteiger partial charge in [0, 0.05) is 44.0 Å². The number of rotatable bonds is 3. The summed E-state index contributed by atoms with van der Waals surface area (Å²) in [6, 6.07) is 11.7. The minimum atomic E-state index is 0.732. The van der Waals surface area contributed by atoms with Crippen LogP contribution in [0.1, 0.15) is 5.69 Å². The van der Waals surface area contributed by atoms with Crippen LogP contribution >= 0.6 is 0 Å². The molecule has 0 aromatic carbocycles. The number of nitrogens with zero attached hydrogens (tertiary/aromatic N) is 7. The summed E-state index contributed by atoms with van der Waals surface area (Å²) < 4.78 is 7.27. The molecule has 0 bridgehead atoms. The van der Waals surface area contributed by atoms with Crippen LogP contribution in [0.3, 0.4) is 0 Å². The van der Waals surface area contributed by atoms with Gasteiger partial charge in [0.05, 0.1) is 12.5 Å². The highest BCUT2D eigenvalue weighted by atomic mass is 16.3. The van der Waals surface area contributed by atoms with Crippen LogP contribution in [0.2, 0.25) is 0 Å². The van der Waals surface area contributed by atoms with E-state index in [1.165, 1.54) is 0 Å². The summed E-state index contributed by atoms with van der Waals surface area (Å²) in [5, 5.41) is 13.1. The molecular weight excluding hydrogens is 342 g/mol. The maximum absolute atomic E-state index is 5.37. The minimum absolute atomic E-state index is 0.732. The van der Waals surface area contributed by atoms with Gasteiger partial charge in [0.2, 0.25) is 0 Å². The normalized spacial score (nSPS) is 14.9. The second kappa shape index (κ2) is 6.39. The number of hydrogen-bond donors (Lipinski definition) is 0. The van der Waals surface area contributed by atoms with E-state index in [0.29, 0.717) is 0 Å². The van der Waals surface area contributed by atoms with Crippen LogP contribution < -0.4 is 9.80 Å². The van der Waals surface area contributed by atoms with Crippen molar-refractivity contribution in [2.45, 2.75) is 6.92 Å². The molecule has 0 radical (unpaired) electrons. The second-order valence-corrected chi connectivity index (χ2v) is 6.59. The van der Waals surface area contributed by atoms with Crippen LogP contribution in [0.4, 0.5) is 11.6 Å². The van der Waals surface area contributed by atoms with Crippen molar-refractivity contribution in [3.63, 3.8) is 0 Å². The van der Waals surface area contributed by atoms with Gasteiger partial charge in [-0.2, -0.15) is 9.61 Å². The van der Waals surface area contributed by atoms with Gasteiger partial charge in [0.15, 0.2) is 17.2 Å². The molecule has 0 aliphatic carbocycles. The lowest BCUT2D eigenvalue weighted by molar-refractivity contribution is 0.578. The standard InChI is InChI=1S/C19H19N7O/c1-14-13-19(26-17(21-14)6-7-20-26)25-10-8-24(9-11-25)18-5-4-15(22-23-18)16-3-2-12-27-16/h2-7,12-13H,8-11H2,1H3. The first-order chi connectivity index (χ1) is 13.3. The molecule has 0 unspecified atom stereocenters. The summed E-state index contributed by atoms with van der Waals surface area (Å²) in [5.74, 6) is 2.71. The number of aromatic nitrogens is 5. The SMILES string of the molecule is Cc1cc(N2CCN(c3ccc(-c4ccco4)nn3)CC2)n2nccc2n1. The molecule has 1 aliphatic rings. The van der Waals surface area contributed by atoms with Crippen molar-refractivity contribution < 1.29 is 4.42 Å². The van der Waals surface area contributed by atoms with Crippen LogP contribution in [-0.2, 0) is 0 Å².